The van der Waals surface area contributed by atoms with Gasteiger partial charge < -0.3 is 10.1 Å². The number of hydrogen-bond donors (Lipinski definition) is 1. The van der Waals surface area contributed by atoms with E-state index in [4.69, 9.17) is 14.7 Å². The molecule has 2 aromatic heterocycles. The van der Waals surface area contributed by atoms with Gasteiger partial charge in [-0.1, -0.05) is 46.1 Å². The van der Waals surface area contributed by atoms with Gasteiger partial charge in [0.25, 0.3) is 5.56 Å². The van der Waals surface area contributed by atoms with Gasteiger partial charge in [-0.2, -0.15) is 0 Å². The van der Waals surface area contributed by atoms with E-state index < -0.39 is 0 Å². The van der Waals surface area contributed by atoms with Crippen molar-refractivity contribution >= 4 is 16.6 Å². The van der Waals surface area contributed by atoms with Gasteiger partial charge in [-0.15, -0.1) is 0 Å². The van der Waals surface area contributed by atoms with Crippen LogP contribution in [-0.2, 0) is 16.7 Å². The van der Waals surface area contributed by atoms with Gasteiger partial charge in [-0.3, -0.25) is 19.2 Å². The third-order valence-corrected chi connectivity index (χ3v) is 10.8. The number of fused-ring (bicyclic) bond motifs is 1. The molecule has 0 amide bonds. The van der Waals surface area contributed by atoms with E-state index in [2.05, 4.69) is 56.1 Å². The Balaban J connectivity index is 1.24. The fourth-order valence-electron chi connectivity index (χ4n) is 8.86. The smallest absolute Gasteiger partial charge is 0.261 e. The van der Waals surface area contributed by atoms with Crippen LogP contribution in [0.4, 0.5) is 5.69 Å². The van der Waals surface area contributed by atoms with Crippen molar-refractivity contribution in [2.45, 2.75) is 116 Å². The lowest BCUT2D eigenvalue weighted by Crippen LogP contribution is -2.47. The summed E-state index contributed by atoms with van der Waals surface area (Å²) in [6, 6.07) is 12.7. The number of rotatable bonds is 10. The molecule has 0 unspecified atom stereocenters. The molecule has 4 atom stereocenters. The summed E-state index contributed by atoms with van der Waals surface area (Å²) in [6.07, 6.45) is 13.1. The summed E-state index contributed by atoms with van der Waals surface area (Å²) in [5, 5.41) is 4.39. The second kappa shape index (κ2) is 13.3. The Morgan fingerprint density at radius 2 is 1.86 bits per heavy atom. The van der Waals surface area contributed by atoms with Crippen LogP contribution in [0, 0.1) is 11.8 Å². The van der Waals surface area contributed by atoms with Crippen LogP contribution < -0.4 is 10.9 Å². The second-order valence-electron chi connectivity index (χ2n) is 14.3. The molecule has 3 aliphatic rings. The van der Waals surface area contributed by atoms with E-state index in [1.165, 1.54) is 25.0 Å². The average Bonchev–Trinajstić information content (AvgIpc) is 3.47. The molecule has 3 aromatic rings. The number of piperidine rings is 1. The molecule has 2 aliphatic heterocycles. The van der Waals surface area contributed by atoms with E-state index in [9.17, 15) is 4.79 Å². The number of pyridine rings is 1. The molecule has 238 valence electrons. The molecule has 1 aliphatic carbocycles. The van der Waals surface area contributed by atoms with Crippen LogP contribution >= 0.6 is 0 Å². The van der Waals surface area contributed by atoms with Crippen LogP contribution in [0.2, 0.25) is 0 Å². The number of anilines is 1. The van der Waals surface area contributed by atoms with Gasteiger partial charge in [-0.25, -0.2) is 4.98 Å². The molecule has 3 fully saturated rings. The summed E-state index contributed by atoms with van der Waals surface area (Å²) in [6.45, 7) is 13.4. The number of benzene rings is 1. The van der Waals surface area contributed by atoms with Gasteiger partial charge >= 0.3 is 0 Å². The molecular weight excluding hydrogens is 546 g/mol. The fourth-order valence-corrected chi connectivity index (χ4v) is 8.86. The fraction of sp³-hybridized carbons (Fsp3) is 0.649. The maximum atomic E-state index is 14.0. The molecule has 6 rings (SSSR count). The molecule has 0 radical (unpaired) electrons. The lowest BCUT2D eigenvalue weighted by molar-refractivity contribution is -0.104. The first kappa shape index (κ1) is 31.2. The maximum absolute atomic E-state index is 14.0. The van der Waals surface area contributed by atoms with Gasteiger partial charge in [0.1, 0.15) is 5.82 Å². The number of nitrogens with zero attached hydrogens (tertiary/aromatic N) is 4. The van der Waals surface area contributed by atoms with E-state index in [0.29, 0.717) is 23.8 Å². The molecular formula is C37H53N5O2. The standard InChI is InChI=1S/C37H53N5O2/c1-5-11-32(41-24-27(3)22-28(4)25-41)34-40-31-14-13-29(23-30(31)35(43)42(34)6-2)38-20-17-36(33-12-7-10-19-39-33)18-21-44-37(26-36)15-8-9-16-37/h7,10,12-14,19,23,27-28,32,38H,5-6,8-9,11,15-18,20-22,24-26H2,1-4H3/t27-,28+,32-,36-/m1/s1. The van der Waals surface area contributed by atoms with Gasteiger partial charge in [0.2, 0.25) is 0 Å². The van der Waals surface area contributed by atoms with Gasteiger partial charge in [0, 0.05) is 55.8 Å². The molecule has 7 nitrogen and oxygen atoms in total. The quantitative estimate of drug-likeness (QED) is 0.260. The number of hydrogen-bond acceptors (Lipinski definition) is 6. The minimum Gasteiger partial charge on any atom is -0.385 e. The lowest BCUT2D eigenvalue weighted by atomic mass is 9.68. The van der Waals surface area contributed by atoms with Crippen molar-refractivity contribution in [2.75, 3.05) is 31.6 Å². The topological polar surface area (TPSA) is 72.3 Å². The summed E-state index contributed by atoms with van der Waals surface area (Å²) in [5.74, 6) is 2.26. The zero-order valence-electron chi connectivity index (χ0n) is 27.5. The predicted octanol–water partition coefficient (Wildman–Crippen LogP) is 7.49. The first-order valence-electron chi connectivity index (χ1n) is 17.4. The predicted molar refractivity (Wildman–Crippen MR) is 179 cm³/mol. The molecule has 0 bridgehead atoms. The van der Waals surface area contributed by atoms with Crippen LogP contribution in [0.1, 0.15) is 109 Å². The number of nitrogens with one attached hydrogen (secondary N) is 1. The Morgan fingerprint density at radius 3 is 2.57 bits per heavy atom. The largest absolute Gasteiger partial charge is 0.385 e. The first-order chi connectivity index (χ1) is 21.4. The third-order valence-electron chi connectivity index (χ3n) is 10.8. The molecule has 1 N–H and O–H groups in total. The Bertz CT molecular complexity index is 1460. The SMILES string of the molecule is CCC[C@H](c1nc2ccc(NCC[C@@]3(c4ccccn4)CCOC4(CCCC4)C3)cc2c(=O)n1CC)N1C[C@H](C)C[C@H](C)C1. The summed E-state index contributed by atoms with van der Waals surface area (Å²) in [4.78, 5) is 26.7. The molecule has 7 heteroatoms. The normalized spacial score (nSPS) is 26.3. The Kier molecular flexibility index (Phi) is 9.44. The second-order valence-corrected chi connectivity index (χ2v) is 14.3. The molecule has 2 saturated heterocycles. The first-order valence-corrected chi connectivity index (χ1v) is 17.4. The number of likely N-dealkylation sites (tertiary alicyclic amines) is 1. The maximum Gasteiger partial charge on any atom is 0.261 e. The average molecular weight is 600 g/mol. The van der Waals surface area contributed by atoms with Crippen molar-refractivity contribution in [1.82, 2.24) is 19.4 Å². The van der Waals surface area contributed by atoms with E-state index in [-0.39, 0.29) is 22.6 Å². The molecule has 4 heterocycles. The van der Waals surface area contributed by atoms with Gasteiger partial charge in [0.15, 0.2) is 0 Å². The zero-order valence-corrected chi connectivity index (χ0v) is 27.5. The van der Waals surface area contributed by atoms with Crippen molar-refractivity contribution < 1.29 is 4.74 Å². The Morgan fingerprint density at radius 1 is 1.07 bits per heavy atom. The van der Waals surface area contributed by atoms with E-state index >= 15 is 0 Å². The number of aromatic nitrogens is 3. The van der Waals surface area contributed by atoms with Crippen LogP contribution in [0.15, 0.2) is 47.4 Å². The minimum absolute atomic E-state index is 0.00316. The monoisotopic (exact) mass is 599 g/mol. The summed E-state index contributed by atoms with van der Waals surface area (Å²) >= 11 is 0. The highest BCUT2D eigenvalue weighted by atomic mass is 16.5. The van der Waals surface area contributed by atoms with Crippen LogP contribution in [0.5, 0.6) is 0 Å². The molecule has 1 spiro atoms. The molecule has 1 aromatic carbocycles. The molecule has 44 heavy (non-hydrogen) atoms. The van der Waals surface area contributed by atoms with Crippen LogP contribution in [0.25, 0.3) is 10.9 Å². The van der Waals surface area contributed by atoms with Gasteiger partial charge in [0.05, 0.1) is 22.5 Å². The van der Waals surface area contributed by atoms with Crippen LogP contribution in [-0.4, -0.2) is 51.3 Å². The number of ether oxygens (including phenoxy) is 1. The highest BCUT2D eigenvalue weighted by molar-refractivity contribution is 5.81. The van der Waals surface area contributed by atoms with E-state index in [1.807, 2.05) is 29.0 Å². The Labute approximate surface area is 263 Å². The van der Waals surface area contributed by atoms with Crippen molar-refractivity contribution in [3.8, 4) is 0 Å². The minimum atomic E-state index is -0.00316. The van der Waals surface area contributed by atoms with E-state index in [0.717, 1.165) is 88.2 Å². The van der Waals surface area contributed by atoms with Crippen molar-refractivity contribution in [1.29, 1.82) is 0 Å². The highest BCUT2D eigenvalue weighted by Gasteiger charge is 2.48. The van der Waals surface area contributed by atoms with E-state index in [1.54, 1.807) is 0 Å². The van der Waals surface area contributed by atoms with Gasteiger partial charge in [-0.05, 0) is 94.0 Å². The highest BCUT2D eigenvalue weighted by Crippen LogP contribution is 2.49. The summed E-state index contributed by atoms with van der Waals surface area (Å²) in [7, 11) is 0. The lowest BCUT2D eigenvalue weighted by Gasteiger charge is -2.46. The zero-order chi connectivity index (χ0) is 30.7. The summed E-state index contributed by atoms with van der Waals surface area (Å²) < 4.78 is 8.39. The summed E-state index contributed by atoms with van der Waals surface area (Å²) in [5.41, 5.74) is 3.06. The van der Waals surface area contributed by atoms with Crippen molar-refractivity contribution in [3.05, 3.63) is 64.5 Å². The van der Waals surface area contributed by atoms with Crippen molar-refractivity contribution in [2.24, 2.45) is 11.8 Å². The van der Waals surface area contributed by atoms with Crippen molar-refractivity contribution in [3.63, 3.8) is 0 Å². The van der Waals surface area contributed by atoms with Crippen LogP contribution in [0.3, 0.4) is 0 Å². The third kappa shape index (κ3) is 6.32. The Hall–Kier alpha value is -2.77. The molecule has 1 saturated carbocycles.